The number of aromatic nitrogens is 1. The fourth-order valence-corrected chi connectivity index (χ4v) is 6.78. The van der Waals surface area contributed by atoms with E-state index in [1.165, 1.54) is 17.1 Å². The maximum atomic E-state index is 12.7. The van der Waals surface area contributed by atoms with Crippen LogP contribution in [0.5, 0.6) is 0 Å². The molecule has 194 valence electrons. The minimum absolute atomic E-state index is 0.333. The molecule has 0 spiro atoms. The lowest BCUT2D eigenvalue weighted by molar-refractivity contribution is -0.140. The third kappa shape index (κ3) is 5.25. The zero-order valence-corrected chi connectivity index (χ0v) is 22.6. The van der Waals surface area contributed by atoms with Crippen LogP contribution in [-0.4, -0.2) is 21.5 Å². The first kappa shape index (κ1) is 25.7. The van der Waals surface area contributed by atoms with Crippen molar-refractivity contribution in [1.29, 1.82) is 0 Å². The molecule has 8 heteroatoms. The number of halogens is 1. The smallest absolute Gasteiger partial charge is 0.412 e. The van der Waals surface area contributed by atoms with Crippen LogP contribution in [0.3, 0.4) is 0 Å². The van der Waals surface area contributed by atoms with E-state index in [9.17, 15) is 14.7 Å². The van der Waals surface area contributed by atoms with Crippen LogP contribution in [0.25, 0.3) is 0 Å². The minimum Gasteiger partial charge on any atom is -0.481 e. The second-order valence-corrected chi connectivity index (χ2v) is 11.5. The molecule has 0 aliphatic heterocycles. The molecule has 3 aromatic rings. The van der Waals surface area contributed by atoms with Gasteiger partial charge >= 0.3 is 12.1 Å². The number of carbonyl (C=O) groups excluding carboxylic acids is 1. The van der Waals surface area contributed by atoms with Gasteiger partial charge in [-0.25, -0.2) is 4.79 Å². The Morgan fingerprint density at radius 3 is 2.35 bits per heavy atom. The number of carboxylic acid groups (broad SMARTS) is 1. The summed E-state index contributed by atoms with van der Waals surface area (Å²) in [5.41, 5.74) is 3.87. The Bertz CT molecular complexity index is 1290. The monoisotopic (exact) mass is 538 g/mol. The SMILES string of the molecule is Cc1nsc(C2CCC(c3ccc(C4(C(=O)O)CC4)cc3)CC2)c1NC(=O)OC(C)c1ccccc1Cl. The van der Waals surface area contributed by atoms with E-state index in [0.717, 1.165) is 65.9 Å². The second-order valence-electron chi connectivity index (χ2n) is 10.3. The quantitative estimate of drug-likeness (QED) is 0.318. The van der Waals surface area contributed by atoms with Gasteiger partial charge in [-0.1, -0.05) is 54.1 Å². The van der Waals surface area contributed by atoms with Gasteiger partial charge < -0.3 is 9.84 Å². The maximum Gasteiger partial charge on any atom is 0.412 e. The molecule has 2 aliphatic rings. The molecule has 2 saturated carbocycles. The lowest BCUT2D eigenvalue weighted by atomic mass is 9.77. The van der Waals surface area contributed by atoms with E-state index in [4.69, 9.17) is 16.3 Å². The molecule has 1 aromatic heterocycles. The van der Waals surface area contributed by atoms with E-state index in [1.807, 2.05) is 37.3 Å². The predicted octanol–water partition coefficient (Wildman–Crippen LogP) is 7.97. The van der Waals surface area contributed by atoms with Gasteiger partial charge in [-0.15, -0.1) is 0 Å². The average Bonchev–Trinajstić information content (AvgIpc) is 3.64. The Kier molecular flexibility index (Phi) is 7.28. The van der Waals surface area contributed by atoms with Gasteiger partial charge in [-0.3, -0.25) is 10.1 Å². The number of benzene rings is 2. The Morgan fingerprint density at radius 2 is 1.73 bits per heavy atom. The normalized spacial score (nSPS) is 21.2. The summed E-state index contributed by atoms with van der Waals surface area (Å²) < 4.78 is 10.1. The molecule has 2 fully saturated rings. The molecule has 2 aromatic carbocycles. The Labute approximate surface area is 226 Å². The summed E-state index contributed by atoms with van der Waals surface area (Å²) in [5.74, 6) is 0.0733. The molecule has 6 nitrogen and oxygen atoms in total. The Balaban J connectivity index is 1.20. The van der Waals surface area contributed by atoms with E-state index < -0.39 is 23.6 Å². The Morgan fingerprint density at radius 1 is 1.08 bits per heavy atom. The topological polar surface area (TPSA) is 88.5 Å². The van der Waals surface area contributed by atoms with Crippen molar-refractivity contribution in [1.82, 2.24) is 4.37 Å². The van der Waals surface area contributed by atoms with Crippen LogP contribution in [0.15, 0.2) is 48.5 Å². The second kappa shape index (κ2) is 10.5. The number of aliphatic carboxylic acids is 1. The van der Waals surface area contributed by atoms with Crippen molar-refractivity contribution in [3.63, 3.8) is 0 Å². The number of hydrogen-bond donors (Lipinski definition) is 2. The van der Waals surface area contributed by atoms with E-state index in [2.05, 4.69) is 21.8 Å². The third-order valence-electron chi connectivity index (χ3n) is 7.94. The van der Waals surface area contributed by atoms with Crippen LogP contribution in [0.1, 0.15) is 90.6 Å². The van der Waals surface area contributed by atoms with Crippen molar-refractivity contribution in [3.05, 3.63) is 80.8 Å². The highest BCUT2D eigenvalue weighted by Gasteiger charge is 2.51. The highest BCUT2D eigenvalue weighted by atomic mass is 35.5. The van der Waals surface area contributed by atoms with Crippen LogP contribution in [0.4, 0.5) is 10.5 Å². The predicted molar refractivity (Wildman–Crippen MR) is 146 cm³/mol. The van der Waals surface area contributed by atoms with Crippen molar-refractivity contribution < 1.29 is 19.4 Å². The lowest BCUT2D eigenvalue weighted by Crippen LogP contribution is -2.19. The van der Waals surface area contributed by atoms with Gasteiger partial charge in [-0.05, 0) is 92.9 Å². The van der Waals surface area contributed by atoms with Crippen molar-refractivity contribution >= 4 is 40.9 Å². The molecule has 0 saturated heterocycles. The summed E-state index contributed by atoms with van der Waals surface area (Å²) in [4.78, 5) is 25.5. The van der Waals surface area contributed by atoms with Crippen LogP contribution in [-0.2, 0) is 14.9 Å². The van der Waals surface area contributed by atoms with E-state index in [1.54, 1.807) is 13.0 Å². The first-order chi connectivity index (χ1) is 17.8. The van der Waals surface area contributed by atoms with Gasteiger partial charge in [-0.2, -0.15) is 4.37 Å². The largest absolute Gasteiger partial charge is 0.481 e. The average molecular weight is 539 g/mol. The first-order valence-corrected chi connectivity index (χ1v) is 14.0. The number of hydrogen-bond acceptors (Lipinski definition) is 5. The molecule has 0 radical (unpaired) electrons. The third-order valence-corrected chi connectivity index (χ3v) is 9.38. The summed E-state index contributed by atoms with van der Waals surface area (Å²) in [7, 11) is 0. The van der Waals surface area contributed by atoms with Crippen molar-refractivity contribution in [2.45, 2.75) is 75.7 Å². The zero-order chi connectivity index (χ0) is 26.2. The molecule has 1 heterocycles. The van der Waals surface area contributed by atoms with E-state index >= 15 is 0 Å². The molecule has 0 bridgehead atoms. The number of anilines is 1. The van der Waals surface area contributed by atoms with Gasteiger partial charge in [0, 0.05) is 10.6 Å². The number of nitrogens with zero attached hydrogens (tertiary/aromatic N) is 1. The number of carbonyl (C=O) groups is 2. The van der Waals surface area contributed by atoms with Crippen molar-refractivity contribution in [2.75, 3.05) is 5.32 Å². The summed E-state index contributed by atoms with van der Waals surface area (Å²) >= 11 is 7.71. The highest BCUT2D eigenvalue weighted by molar-refractivity contribution is 7.06. The van der Waals surface area contributed by atoms with E-state index in [0.29, 0.717) is 16.9 Å². The van der Waals surface area contributed by atoms with Gasteiger partial charge in [0.05, 0.1) is 21.7 Å². The first-order valence-electron chi connectivity index (χ1n) is 12.8. The number of carboxylic acids is 1. The van der Waals surface area contributed by atoms with Crippen LogP contribution in [0, 0.1) is 6.92 Å². The number of ether oxygens (including phenoxy) is 1. The zero-order valence-electron chi connectivity index (χ0n) is 21.0. The van der Waals surface area contributed by atoms with Crippen molar-refractivity contribution in [3.8, 4) is 0 Å². The molecular weight excluding hydrogens is 508 g/mol. The summed E-state index contributed by atoms with van der Waals surface area (Å²) in [6, 6.07) is 15.6. The van der Waals surface area contributed by atoms with Gasteiger partial charge in [0.1, 0.15) is 6.10 Å². The number of amides is 1. The standard InChI is InChI=1S/C29H31ClN2O4S/c1-17-25(31-28(35)36-18(2)23-5-3-4-6-24(23)30)26(37-32-17)21-9-7-19(8-10-21)20-11-13-22(14-12-20)29(15-16-29)27(33)34/h3-6,11-14,18-19,21H,7-10,15-16H2,1-2H3,(H,31,35)(H,33,34). The minimum atomic E-state index is -0.716. The van der Waals surface area contributed by atoms with Gasteiger partial charge in [0.15, 0.2) is 0 Å². The van der Waals surface area contributed by atoms with Gasteiger partial charge in [0.2, 0.25) is 0 Å². The lowest BCUT2D eigenvalue weighted by Gasteiger charge is -2.29. The fraction of sp³-hybridized carbons (Fsp3) is 0.414. The molecule has 2 N–H and O–H groups in total. The van der Waals surface area contributed by atoms with Crippen molar-refractivity contribution in [2.24, 2.45) is 0 Å². The fourth-order valence-electron chi connectivity index (χ4n) is 5.49. The number of nitrogens with one attached hydrogen (secondary N) is 1. The number of aryl methyl sites for hydroxylation is 1. The highest BCUT2D eigenvalue weighted by Crippen LogP contribution is 2.49. The maximum absolute atomic E-state index is 12.7. The van der Waals surface area contributed by atoms with Crippen LogP contribution < -0.4 is 5.32 Å². The molecule has 2 aliphatic carbocycles. The summed E-state index contributed by atoms with van der Waals surface area (Å²) in [6.07, 6.45) is 4.56. The molecule has 37 heavy (non-hydrogen) atoms. The molecule has 1 amide bonds. The molecule has 5 rings (SSSR count). The summed E-state index contributed by atoms with van der Waals surface area (Å²) in [6.45, 7) is 3.71. The molecule has 1 atom stereocenters. The Hall–Kier alpha value is -2.90. The molecular formula is C29H31ClN2O4S. The van der Waals surface area contributed by atoms with Gasteiger partial charge in [0.25, 0.3) is 0 Å². The summed E-state index contributed by atoms with van der Waals surface area (Å²) in [5, 5.41) is 13.1. The van der Waals surface area contributed by atoms with Crippen LogP contribution >= 0.6 is 23.1 Å². The number of rotatable bonds is 7. The van der Waals surface area contributed by atoms with E-state index in [-0.39, 0.29) is 0 Å². The van der Waals surface area contributed by atoms with Crippen LogP contribution in [0.2, 0.25) is 5.02 Å². The molecule has 1 unspecified atom stereocenters.